The largest absolute Gasteiger partial charge is 0.365 e. The Hall–Kier alpha value is -3.86. The standard InChI is InChI=1S/C25H28FN7O3/c1-2-17-13-19-20(29-24(17)35)12-16(14-27-19)15-31-8-10-32(11-9-31)21-6-5-18(28-23(21)26)25(36)30-33-7-3-4-22(33)34/h5-6,12-14H,2-4,7-11,15H2,1H3,(H,29,35)(H,30,36). The fourth-order valence-corrected chi connectivity index (χ4v) is 4.66. The van der Waals surface area contributed by atoms with Crippen molar-refractivity contribution in [1.29, 1.82) is 0 Å². The number of nitrogens with zero attached hydrogens (tertiary/aromatic N) is 5. The van der Waals surface area contributed by atoms with E-state index in [0.29, 0.717) is 64.2 Å². The van der Waals surface area contributed by atoms with Gasteiger partial charge in [-0.2, -0.15) is 4.39 Å². The first-order valence-corrected chi connectivity index (χ1v) is 12.2. The predicted octanol–water partition coefficient (Wildman–Crippen LogP) is 1.61. The number of halogens is 1. The molecule has 2 aliphatic rings. The molecule has 0 spiro atoms. The number of hydrazine groups is 1. The zero-order valence-corrected chi connectivity index (χ0v) is 20.1. The first-order valence-electron chi connectivity index (χ1n) is 12.2. The first kappa shape index (κ1) is 23.9. The van der Waals surface area contributed by atoms with Gasteiger partial charge in [-0.3, -0.25) is 34.7 Å². The minimum absolute atomic E-state index is 0.0671. The molecular formula is C25H28FN7O3. The van der Waals surface area contributed by atoms with Crippen LogP contribution < -0.4 is 15.9 Å². The quantitative estimate of drug-likeness (QED) is 0.502. The molecule has 2 saturated heterocycles. The highest BCUT2D eigenvalue weighted by molar-refractivity contribution is 5.94. The maximum atomic E-state index is 14.8. The number of piperazine rings is 1. The van der Waals surface area contributed by atoms with Crippen LogP contribution in [-0.2, 0) is 17.8 Å². The Morgan fingerprint density at radius 2 is 1.94 bits per heavy atom. The third-order valence-corrected chi connectivity index (χ3v) is 6.70. The van der Waals surface area contributed by atoms with Gasteiger partial charge in [-0.15, -0.1) is 0 Å². The van der Waals surface area contributed by atoms with Crippen LogP contribution in [0.3, 0.4) is 0 Å². The van der Waals surface area contributed by atoms with Gasteiger partial charge in [0, 0.05) is 57.4 Å². The summed E-state index contributed by atoms with van der Waals surface area (Å²) in [6.07, 6.45) is 3.56. The van der Waals surface area contributed by atoms with E-state index in [1.54, 1.807) is 6.07 Å². The highest BCUT2D eigenvalue weighted by atomic mass is 19.1. The minimum Gasteiger partial charge on any atom is -0.365 e. The Labute approximate surface area is 207 Å². The van der Waals surface area contributed by atoms with Gasteiger partial charge >= 0.3 is 0 Å². The summed E-state index contributed by atoms with van der Waals surface area (Å²) in [6.45, 7) is 5.68. The second-order valence-corrected chi connectivity index (χ2v) is 9.11. The molecular weight excluding hydrogens is 465 g/mol. The molecule has 2 fully saturated rings. The summed E-state index contributed by atoms with van der Waals surface area (Å²) >= 11 is 0. The number of amides is 2. The molecule has 0 unspecified atom stereocenters. The van der Waals surface area contributed by atoms with Crippen molar-refractivity contribution in [1.82, 2.24) is 30.3 Å². The lowest BCUT2D eigenvalue weighted by atomic mass is 10.1. The summed E-state index contributed by atoms with van der Waals surface area (Å²) in [5.74, 6) is -1.47. The molecule has 0 saturated carbocycles. The fourth-order valence-electron chi connectivity index (χ4n) is 4.66. The Bertz CT molecular complexity index is 1370. The summed E-state index contributed by atoms with van der Waals surface area (Å²) in [5, 5.41) is 1.25. The second kappa shape index (κ2) is 10.0. The van der Waals surface area contributed by atoms with Crippen LogP contribution in [-0.4, -0.2) is 69.4 Å². The topological polar surface area (TPSA) is 115 Å². The number of fused-ring (bicyclic) bond motifs is 1. The number of aromatic amines is 1. The molecule has 5 rings (SSSR count). The molecule has 2 N–H and O–H groups in total. The molecule has 5 heterocycles. The van der Waals surface area contributed by atoms with Crippen molar-refractivity contribution in [2.75, 3.05) is 37.6 Å². The predicted molar refractivity (Wildman–Crippen MR) is 132 cm³/mol. The van der Waals surface area contributed by atoms with E-state index in [2.05, 4.69) is 25.3 Å². The van der Waals surface area contributed by atoms with Crippen molar-refractivity contribution in [3.8, 4) is 0 Å². The van der Waals surface area contributed by atoms with Gasteiger partial charge in [0.05, 0.1) is 16.7 Å². The van der Waals surface area contributed by atoms with Crippen molar-refractivity contribution in [2.45, 2.75) is 32.7 Å². The molecule has 0 radical (unpaired) electrons. The van der Waals surface area contributed by atoms with Crippen molar-refractivity contribution in [3.05, 3.63) is 63.6 Å². The first-order chi connectivity index (χ1) is 17.4. The lowest BCUT2D eigenvalue weighted by Crippen LogP contribution is -2.46. The van der Waals surface area contributed by atoms with Gasteiger partial charge in [0.15, 0.2) is 0 Å². The maximum absolute atomic E-state index is 14.8. The number of rotatable bonds is 6. The third-order valence-electron chi connectivity index (χ3n) is 6.70. The van der Waals surface area contributed by atoms with E-state index >= 15 is 0 Å². The zero-order valence-electron chi connectivity index (χ0n) is 20.1. The summed E-state index contributed by atoms with van der Waals surface area (Å²) in [4.78, 5) is 51.6. The van der Waals surface area contributed by atoms with Crippen LogP contribution in [0.5, 0.6) is 0 Å². The highest BCUT2D eigenvalue weighted by Crippen LogP contribution is 2.21. The number of H-pyrrole nitrogens is 1. The number of carbonyl (C=O) groups is 2. The molecule has 188 valence electrons. The number of nitrogens with one attached hydrogen (secondary N) is 2. The highest BCUT2D eigenvalue weighted by Gasteiger charge is 2.25. The van der Waals surface area contributed by atoms with Gasteiger partial charge in [0.25, 0.3) is 11.5 Å². The minimum atomic E-state index is -0.710. The molecule has 2 aliphatic heterocycles. The normalized spacial score (nSPS) is 16.7. The van der Waals surface area contributed by atoms with Crippen LogP contribution in [0.1, 0.15) is 41.4 Å². The van der Waals surface area contributed by atoms with E-state index in [4.69, 9.17) is 0 Å². The molecule has 0 bridgehead atoms. The van der Waals surface area contributed by atoms with Crippen LogP contribution in [0.4, 0.5) is 10.1 Å². The lowest BCUT2D eigenvalue weighted by Gasteiger charge is -2.36. The van der Waals surface area contributed by atoms with E-state index in [1.165, 1.54) is 11.1 Å². The van der Waals surface area contributed by atoms with Gasteiger partial charge in [-0.25, -0.2) is 4.98 Å². The summed E-state index contributed by atoms with van der Waals surface area (Å²) in [7, 11) is 0. The van der Waals surface area contributed by atoms with E-state index in [-0.39, 0.29) is 17.2 Å². The number of anilines is 1. The molecule has 3 aromatic heterocycles. The van der Waals surface area contributed by atoms with Gasteiger partial charge in [-0.05, 0) is 42.7 Å². The van der Waals surface area contributed by atoms with Gasteiger partial charge in [0.1, 0.15) is 5.69 Å². The lowest BCUT2D eigenvalue weighted by molar-refractivity contribution is -0.129. The number of pyridine rings is 3. The van der Waals surface area contributed by atoms with Crippen molar-refractivity contribution >= 4 is 28.5 Å². The van der Waals surface area contributed by atoms with E-state index in [1.807, 2.05) is 30.2 Å². The molecule has 11 heteroatoms. The van der Waals surface area contributed by atoms with E-state index in [0.717, 1.165) is 22.2 Å². The monoisotopic (exact) mass is 493 g/mol. The number of hydrogen-bond acceptors (Lipinski definition) is 7. The third kappa shape index (κ3) is 4.92. The van der Waals surface area contributed by atoms with Crippen molar-refractivity contribution in [3.63, 3.8) is 0 Å². The SMILES string of the molecule is CCc1cc2ncc(CN3CCN(c4ccc(C(=O)NN5CCCC5=O)nc4F)CC3)cc2[nH]c1=O. The fraction of sp³-hybridized carbons (Fsp3) is 0.400. The number of hydrogen-bond donors (Lipinski definition) is 2. The van der Waals surface area contributed by atoms with Gasteiger partial charge in [-0.1, -0.05) is 6.92 Å². The Kier molecular flexibility index (Phi) is 6.64. The average Bonchev–Trinajstić information content (AvgIpc) is 3.28. The molecule has 0 atom stereocenters. The summed E-state index contributed by atoms with van der Waals surface area (Å²) in [6, 6.07) is 6.83. The van der Waals surface area contributed by atoms with Gasteiger partial charge in [0.2, 0.25) is 11.9 Å². The molecule has 36 heavy (non-hydrogen) atoms. The van der Waals surface area contributed by atoms with Crippen LogP contribution in [0.25, 0.3) is 11.0 Å². The van der Waals surface area contributed by atoms with Crippen LogP contribution in [0.15, 0.2) is 35.3 Å². The second-order valence-electron chi connectivity index (χ2n) is 9.11. The van der Waals surface area contributed by atoms with Crippen LogP contribution in [0.2, 0.25) is 0 Å². The zero-order chi connectivity index (χ0) is 25.2. The molecule has 0 aromatic carbocycles. The van der Waals surface area contributed by atoms with Crippen LogP contribution in [0, 0.1) is 5.95 Å². The average molecular weight is 494 g/mol. The molecule has 0 aliphatic carbocycles. The molecule has 2 amide bonds. The molecule has 3 aromatic rings. The Morgan fingerprint density at radius 3 is 2.64 bits per heavy atom. The maximum Gasteiger partial charge on any atom is 0.288 e. The smallest absolute Gasteiger partial charge is 0.288 e. The van der Waals surface area contributed by atoms with Crippen molar-refractivity contribution < 1.29 is 14.0 Å². The van der Waals surface area contributed by atoms with Gasteiger partial charge < -0.3 is 9.88 Å². The molecule has 10 nitrogen and oxygen atoms in total. The van der Waals surface area contributed by atoms with Crippen LogP contribution >= 0.6 is 0 Å². The Morgan fingerprint density at radius 1 is 1.14 bits per heavy atom. The summed E-state index contributed by atoms with van der Waals surface area (Å²) < 4.78 is 14.8. The number of aromatic nitrogens is 3. The summed E-state index contributed by atoms with van der Waals surface area (Å²) in [5.41, 5.74) is 5.90. The van der Waals surface area contributed by atoms with E-state index in [9.17, 15) is 18.8 Å². The van der Waals surface area contributed by atoms with E-state index < -0.39 is 11.9 Å². The van der Waals surface area contributed by atoms with Crippen molar-refractivity contribution in [2.24, 2.45) is 0 Å². The Balaban J connectivity index is 1.19. The number of carbonyl (C=O) groups excluding carboxylic acids is 2. The number of aryl methyl sites for hydroxylation is 1.